The number of carbonyl (C=O) groups is 2. The maximum absolute atomic E-state index is 14.4. The molecule has 240 valence electrons. The van der Waals surface area contributed by atoms with Crippen molar-refractivity contribution in [2.75, 3.05) is 26.4 Å². The van der Waals surface area contributed by atoms with Crippen molar-refractivity contribution in [3.8, 4) is 5.75 Å². The molecule has 0 radical (unpaired) electrons. The second-order valence-electron chi connectivity index (χ2n) is 10.4. The summed E-state index contributed by atoms with van der Waals surface area (Å²) in [6.45, 7) is -0.603. The lowest BCUT2D eigenvalue weighted by atomic mass is 9.89. The van der Waals surface area contributed by atoms with Gasteiger partial charge in [0.15, 0.2) is 6.61 Å². The summed E-state index contributed by atoms with van der Waals surface area (Å²) in [6, 6.07) is 8.29. The number of benzene rings is 1. The number of halogens is 2. The van der Waals surface area contributed by atoms with Gasteiger partial charge < -0.3 is 29.8 Å². The number of ether oxygens (including phenoxy) is 2. The molecule has 1 aliphatic carbocycles. The van der Waals surface area contributed by atoms with Crippen LogP contribution < -0.4 is 10.1 Å². The molecule has 0 saturated heterocycles. The van der Waals surface area contributed by atoms with Gasteiger partial charge in [0.05, 0.1) is 25.4 Å². The Bertz CT molecular complexity index is 1040. The molecule has 43 heavy (non-hydrogen) atoms. The Morgan fingerprint density at radius 2 is 1.81 bits per heavy atom. The van der Waals surface area contributed by atoms with E-state index >= 15 is 0 Å². The number of hydrogen-bond donors (Lipinski definition) is 3. The predicted octanol–water partition coefficient (Wildman–Crippen LogP) is 4.16. The summed E-state index contributed by atoms with van der Waals surface area (Å²) in [7, 11) is 0. The van der Waals surface area contributed by atoms with Gasteiger partial charge in [0.25, 0.3) is 11.0 Å². The first-order valence-corrected chi connectivity index (χ1v) is 14.5. The standard InChI is InChI=1S/C30H42F2N2O9/c31-30(32,22-42-23-11-5-3-6-12-23)17-16-25-24(26(35)21-27(25)36)13-7-1-2-9-15-29(38)41-20-18-33-28(37)14-8-4-10-19-43-34(39)40/h1,3,5-7,11-12,16-17,24-27,35-36H,2,4,8-10,13-15,18-22H2,(H,33,37)/b7-1-,17-16+/t24-,25-,26+,27-/m1/s1. The van der Waals surface area contributed by atoms with E-state index in [1.165, 1.54) is 6.08 Å². The molecule has 1 aliphatic rings. The molecule has 1 saturated carbocycles. The van der Waals surface area contributed by atoms with Gasteiger partial charge in [-0.1, -0.05) is 42.8 Å². The highest BCUT2D eigenvalue weighted by atomic mass is 19.3. The monoisotopic (exact) mass is 612 g/mol. The number of unbranched alkanes of at least 4 members (excludes halogenated alkanes) is 3. The van der Waals surface area contributed by atoms with Crippen molar-refractivity contribution in [2.45, 2.75) is 75.9 Å². The van der Waals surface area contributed by atoms with Crippen molar-refractivity contribution in [1.29, 1.82) is 0 Å². The van der Waals surface area contributed by atoms with Gasteiger partial charge in [-0.05, 0) is 56.2 Å². The Morgan fingerprint density at radius 1 is 1.05 bits per heavy atom. The summed E-state index contributed by atoms with van der Waals surface area (Å²) >= 11 is 0. The zero-order chi connectivity index (χ0) is 31.5. The van der Waals surface area contributed by atoms with Crippen molar-refractivity contribution in [3.63, 3.8) is 0 Å². The number of rotatable bonds is 21. The van der Waals surface area contributed by atoms with E-state index in [4.69, 9.17) is 9.47 Å². The van der Waals surface area contributed by atoms with Gasteiger partial charge in [0.1, 0.15) is 12.4 Å². The molecule has 11 nitrogen and oxygen atoms in total. The zero-order valence-corrected chi connectivity index (χ0v) is 24.2. The van der Waals surface area contributed by atoms with Crippen molar-refractivity contribution in [2.24, 2.45) is 11.8 Å². The molecule has 1 aromatic rings. The summed E-state index contributed by atoms with van der Waals surface area (Å²) in [5.74, 6) is -4.56. The molecule has 0 spiro atoms. The number of amides is 1. The molecule has 1 fully saturated rings. The molecule has 0 aromatic heterocycles. The van der Waals surface area contributed by atoms with Gasteiger partial charge in [-0.15, -0.1) is 10.1 Å². The van der Waals surface area contributed by atoms with Crippen molar-refractivity contribution in [1.82, 2.24) is 5.32 Å². The van der Waals surface area contributed by atoms with Crippen molar-refractivity contribution < 1.29 is 48.0 Å². The molecule has 3 N–H and O–H groups in total. The van der Waals surface area contributed by atoms with Gasteiger partial charge in [0.2, 0.25) is 5.91 Å². The molecular weight excluding hydrogens is 570 g/mol. The van der Waals surface area contributed by atoms with Gasteiger partial charge in [-0.3, -0.25) is 9.59 Å². The Labute approximate surface area is 250 Å². The minimum absolute atomic E-state index is 0.00265. The number of aliphatic hydroxyl groups excluding tert-OH is 2. The average Bonchev–Trinajstić information content (AvgIpc) is 3.24. The van der Waals surface area contributed by atoms with Crippen LogP contribution in [0.4, 0.5) is 8.78 Å². The van der Waals surface area contributed by atoms with E-state index in [-0.39, 0.29) is 44.9 Å². The summed E-state index contributed by atoms with van der Waals surface area (Å²) in [4.78, 5) is 37.9. The lowest BCUT2D eigenvalue weighted by Gasteiger charge is -2.20. The van der Waals surface area contributed by atoms with Crippen LogP contribution in [-0.4, -0.2) is 71.7 Å². The van der Waals surface area contributed by atoms with Gasteiger partial charge in [-0.2, -0.15) is 8.78 Å². The highest BCUT2D eigenvalue weighted by Gasteiger charge is 2.40. The van der Waals surface area contributed by atoms with E-state index < -0.39 is 47.6 Å². The fraction of sp³-hybridized carbons (Fsp3) is 0.600. The van der Waals surface area contributed by atoms with E-state index in [9.17, 15) is 38.7 Å². The summed E-state index contributed by atoms with van der Waals surface area (Å²) in [6.07, 6.45) is 7.61. The van der Waals surface area contributed by atoms with Crippen LogP contribution in [0.5, 0.6) is 5.75 Å². The van der Waals surface area contributed by atoms with Crippen LogP contribution in [0.2, 0.25) is 0 Å². The number of aliphatic hydroxyl groups is 2. The fourth-order valence-corrected chi connectivity index (χ4v) is 4.66. The third-order valence-corrected chi connectivity index (χ3v) is 6.91. The first-order valence-electron chi connectivity index (χ1n) is 14.5. The molecule has 2 rings (SSSR count). The Kier molecular flexibility index (Phi) is 16.2. The van der Waals surface area contributed by atoms with Gasteiger partial charge >= 0.3 is 5.97 Å². The number of nitrogens with one attached hydrogen (secondary N) is 1. The first kappa shape index (κ1) is 35.6. The predicted molar refractivity (Wildman–Crippen MR) is 153 cm³/mol. The molecule has 0 bridgehead atoms. The second-order valence-corrected chi connectivity index (χ2v) is 10.4. The van der Waals surface area contributed by atoms with Crippen LogP contribution in [-0.2, 0) is 19.2 Å². The molecule has 0 heterocycles. The third kappa shape index (κ3) is 15.5. The van der Waals surface area contributed by atoms with Crippen LogP contribution >= 0.6 is 0 Å². The number of nitrogens with zero attached hydrogens (tertiary/aromatic N) is 1. The summed E-state index contributed by atoms with van der Waals surface area (Å²) in [5.41, 5.74) is 0. The van der Waals surface area contributed by atoms with E-state index in [0.29, 0.717) is 44.3 Å². The molecule has 4 atom stereocenters. The van der Waals surface area contributed by atoms with E-state index in [2.05, 4.69) is 10.2 Å². The van der Waals surface area contributed by atoms with Crippen LogP contribution in [0, 0.1) is 22.0 Å². The largest absolute Gasteiger partial charge is 0.487 e. The minimum Gasteiger partial charge on any atom is -0.487 e. The smallest absolute Gasteiger partial charge is 0.305 e. The Balaban J connectivity index is 1.59. The lowest BCUT2D eigenvalue weighted by Crippen LogP contribution is -2.27. The number of carbonyl (C=O) groups excluding carboxylic acids is 2. The summed E-state index contributed by atoms with van der Waals surface area (Å²) in [5, 5.41) is 32.5. The molecule has 1 aromatic carbocycles. The average molecular weight is 613 g/mol. The number of alkyl halides is 2. The number of para-hydroxylation sites is 1. The van der Waals surface area contributed by atoms with Crippen LogP contribution in [0.25, 0.3) is 0 Å². The normalized spacial score (nSPS) is 20.4. The first-order chi connectivity index (χ1) is 20.6. The quantitative estimate of drug-likeness (QED) is 0.0610. The fourth-order valence-electron chi connectivity index (χ4n) is 4.66. The van der Waals surface area contributed by atoms with Crippen LogP contribution in [0.15, 0.2) is 54.6 Å². The minimum atomic E-state index is -3.25. The lowest BCUT2D eigenvalue weighted by molar-refractivity contribution is -0.757. The van der Waals surface area contributed by atoms with Gasteiger partial charge in [-0.25, -0.2) is 0 Å². The van der Waals surface area contributed by atoms with E-state index in [1.54, 1.807) is 30.3 Å². The topological polar surface area (TPSA) is 157 Å². The van der Waals surface area contributed by atoms with Crippen molar-refractivity contribution in [3.05, 3.63) is 64.8 Å². The number of allylic oxidation sites excluding steroid dienone is 2. The van der Waals surface area contributed by atoms with E-state index in [0.717, 1.165) is 6.08 Å². The maximum Gasteiger partial charge on any atom is 0.305 e. The van der Waals surface area contributed by atoms with E-state index in [1.807, 2.05) is 12.2 Å². The summed E-state index contributed by atoms with van der Waals surface area (Å²) < 4.78 is 39.0. The van der Waals surface area contributed by atoms with Crippen LogP contribution in [0.1, 0.15) is 57.8 Å². The number of esters is 1. The Hall–Kier alpha value is -3.58. The van der Waals surface area contributed by atoms with Crippen LogP contribution in [0.3, 0.4) is 0 Å². The molecule has 0 unspecified atom stereocenters. The molecule has 13 heteroatoms. The highest BCUT2D eigenvalue weighted by molar-refractivity contribution is 5.75. The molecule has 1 amide bonds. The zero-order valence-electron chi connectivity index (χ0n) is 24.2. The molecule has 0 aliphatic heterocycles. The van der Waals surface area contributed by atoms with Gasteiger partial charge in [0, 0.05) is 25.2 Å². The highest BCUT2D eigenvalue weighted by Crippen LogP contribution is 2.37. The second kappa shape index (κ2) is 19.6. The maximum atomic E-state index is 14.4. The van der Waals surface area contributed by atoms with Crippen molar-refractivity contribution >= 4 is 11.9 Å². The third-order valence-electron chi connectivity index (χ3n) is 6.91. The molecular formula is C30H42F2N2O9. The Morgan fingerprint density at radius 3 is 2.56 bits per heavy atom. The SMILES string of the molecule is O=C(CCCCCO[N+](=O)[O-])NCCOC(=O)CCC/C=C\C[C@@H]1[C@@H](/C=C/C(F)(F)COc2ccccc2)[C@H](O)C[C@@H]1O. The number of hydrogen-bond acceptors (Lipinski definition) is 9.